The van der Waals surface area contributed by atoms with Crippen LogP contribution in [0.4, 0.5) is 0 Å². The Labute approximate surface area is 116 Å². The van der Waals surface area contributed by atoms with Crippen LogP contribution in [0.25, 0.3) is 0 Å². The summed E-state index contributed by atoms with van der Waals surface area (Å²) in [5, 5.41) is 9.43. The first-order valence-corrected chi connectivity index (χ1v) is 7.84. The molecule has 0 bridgehead atoms. The van der Waals surface area contributed by atoms with Crippen LogP contribution in [0, 0.1) is 5.92 Å². The van der Waals surface area contributed by atoms with Crippen LogP contribution in [0.3, 0.4) is 0 Å². The topological polar surface area (TPSA) is 43.8 Å². The van der Waals surface area contributed by atoms with E-state index in [0.29, 0.717) is 0 Å². The van der Waals surface area contributed by atoms with Gasteiger partial charge < -0.3 is 14.9 Å². The van der Waals surface area contributed by atoms with Crippen LogP contribution in [0.15, 0.2) is 0 Å². The molecule has 2 aliphatic rings. The standard InChI is InChI=1S/C15H28N2O2/c1-16(11-12-17-9-5-6-10-17)14-8-4-2-3-7-13(14)15(18)19/h13-14H,2-12H2,1H3,(H,18,19). The molecular formula is C15H28N2O2. The molecule has 2 atom stereocenters. The molecule has 0 aromatic heterocycles. The Balaban J connectivity index is 1.86. The van der Waals surface area contributed by atoms with Crippen molar-refractivity contribution in [2.45, 2.75) is 51.0 Å². The maximum atomic E-state index is 11.4. The predicted octanol–water partition coefficient (Wildman–Crippen LogP) is 2.05. The molecule has 110 valence electrons. The smallest absolute Gasteiger partial charge is 0.308 e. The molecule has 0 aromatic rings. The summed E-state index contributed by atoms with van der Waals surface area (Å²) in [6.45, 7) is 4.55. The molecule has 1 heterocycles. The zero-order valence-electron chi connectivity index (χ0n) is 12.2. The normalized spacial score (nSPS) is 29.6. The van der Waals surface area contributed by atoms with Gasteiger partial charge in [-0.1, -0.05) is 19.3 Å². The van der Waals surface area contributed by atoms with Gasteiger partial charge in [0.25, 0.3) is 0 Å². The highest BCUT2D eigenvalue weighted by atomic mass is 16.4. The van der Waals surface area contributed by atoms with Crippen LogP contribution in [-0.4, -0.2) is 60.1 Å². The molecule has 1 saturated carbocycles. The molecule has 0 aromatic carbocycles. The number of nitrogens with zero attached hydrogens (tertiary/aromatic N) is 2. The Hall–Kier alpha value is -0.610. The van der Waals surface area contributed by atoms with Gasteiger partial charge in [0, 0.05) is 19.1 Å². The third kappa shape index (κ3) is 4.18. The number of likely N-dealkylation sites (N-methyl/N-ethyl adjacent to an activating group) is 1. The van der Waals surface area contributed by atoms with Gasteiger partial charge in [-0.15, -0.1) is 0 Å². The van der Waals surface area contributed by atoms with Crippen molar-refractivity contribution in [2.24, 2.45) is 5.92 Å². The third-order valence-corrected chi connectivity index (χ3v) is 4.83. The zero-order valence-corrected chi connectivity index (χ0v) is 12.2. The van der Waals surface area contributed by atoms with E-state index in [9.17, 15) is 9.90 Å². The molecule has 0 spiro atoms. The average molecular weight is 268 g/mol. The molecular weight excluding hydrogens is 240 g/mol. The highest BCUT2D eigenvalue weighted by Gasteiger charge is 2.32. The molecule has 4 heteroatoms. The second kappa shape index (κ2) is 7.25. The van der Waals surface area contributed by atoms with Crippen molar-refractivity contribution in [1.29, 1.82) is 0 Å². The summed E-state index contributed by atoms with van der Waals surface area (Å²) in [6.07, 6.45) is 8.01. The van der Waals surface area contributed by atoms with Crippen LogP contribution in [0.5, 0.6) is 0 Å². The van der Waals surface area contributed by atoms with Gasteiger partial charge in [-0.05, 0) is 45.8 Å². The number of carbonyl (C=O) groups is 1. The van der Waals surface area contributed by atoms with E-state index in [4.69, 9.17) is 0 Å². The number of rotatable bonds is 5. The molecule has 1 N–H and O–H groups in total. The first kappa shape index (κ1) is 14.8. The van der Waals surface area contributed by atoms with Crippen LogP contribution in [0.2, 0.25) is 0 Å². The number of aliphatic carboxylic acids is 1. The van der Waals surface area contributed by atoms with Crippen LogP contribution in [0.1, 0.15) is 44.9 Å². The second-order valence-corrected chi connectivity index (χ2v) is 6.18. The van der Waals surface area contributed by atoms with E-state index in [2.05, 4.69) is 16.8 Å². The number of hydrogen-bond acceptors (Lipinski definition) is 3. The molecule has 2 fully saturated rings. The van der Waals surface area contributed by atoms with Crippen molar-refractivity contribution in [2.75, 3.05) is 33.2 Å². The van der Waals surface area contributed by atoms with E-state index in [0.717, 1.165) is 32.4 Å². The first-order valence-electron chi connectivity index (χ1n) is 7.84. The summed E-state index contributed by atoms with van der Waals surface area (Å²) in [4.78, 5) is 16.3. The van der Waals surface area contributed by atoms with Crippen molar-refractivity contribution in [3.05, 3.63) is 0 Å². The van der Waals surface area contributed by atoms with Gasteiger partial charge >= 0.3 is 5.97 Å². The lowest BCUT2D eigenvalue weighted by molar-refractivity contribution is -0.144. The molecule has 2 rings (SSSR count). The Morgan fingerprint density at radius 1 is 1.16 bits per heavy atom. The van der Waals surface area contributed by atoms with E-state index < -0.39 is 5.97 Å². The van der Waals surface area contributed by atoms with E-state index in [1.54, 1.807) is 0 Å². The highest BCUT2D eigenvalue weighted by Crippen LogP contribution is 2.27. The number of hydrogen-bond donors (Lipinski definition) is 1. The fourth-order valence-corrected chi connectivity index (χ4v) is 3.57. The molecule has 0 amide bonds. The Kier molecular flexibility index (Phi) is 5.64. The summed E-state index contributed by atoms with van der Waals surface area (Å²) in [5.74, 6) is -0.758. The molecule has 1 aliphatic heterocycles. The summed E-state index contributed by atoms with van der Waals surface area (Å²) in [7, 11) is 2.11. The van der Waals surface area contributed by atoms with Crippen molar-refractivity contribution >= 4 is 5.97 Å². The zero-order chi connectivity index (χ0) is 13.7. The second-order valence-electron chi connectivity index (χ2n) is 6.18. The minimum atomic E-state index is -0.597. The van der Waals surface area contributed by atoms with E-state index in [1.165, 1.54) is 38.8 Å². The summed E-state index contributed by atoms with van der Waals surface area (Å²) >= 11 is 0. The minimum absolute atomic E-state index is 0.161. The Morgan fingerprint density at radius 3 is 2.53 bits per heavy atom. The Morgan fingerprint density at radius 2 is 1.84 bits per heavy atom. The molecule has 2 unspecified atom stereocenters. The fraction of sp³-hybridized carbons (Fsp3) is 0.933. The monoisotopic (exact) mass is 268 g/mol. The van der Waals surface area contributed by atoms with Crippen molar-refractivity contribution in [3.63, 3.8) is 0 Å². The van der Waals surface area contributed by atoms with Gasteiger partial charge in [0.05, 0.1) is 5.92 Å². The van der Waals surface area contributed by atoms with E-state index >= 15 is 0 Å². The molecule has 0 radical (unpaired) electrons. The molecule has 4 nitrogen and oxygen atoms in total. The van der Waals surface area contributed by atoms with Gasteiger partial charge in [0.15, 0.2) is 0 Å². The average Bonchev–Trinajstić information content (AvgIpc) is 2.77. The lowest BCUT2D eigenvalue weighted by Crippen LogP contribution is -2.44. The molecule has 1 aliphatic carbocycles. The summed E-state index contributed by atoms with van der Waals surface area (Å²) < 4.78 is 0. The van der Waals surface area contributed by atoms with E-state index in [1.807, 2.05) is 0 Å². The predicted molar refractivity (Wildman–Crippen MR) is 76.3 cm³/mol. The van der Waals surface area contributed by atoms with Gasteiger partial charge in [-0.2, -0.15) is 0 Å². The van der Waals surface area contributed by atoms with Gasteiger partial charge in [-0.25, -0.2) is 0 Å². The van der Waals surface area contributed by atoms with Gasteiger partial charge in [0.2, 0.25) is 0 Å². The summed E-state index contributed by atoms with van der Waals surface area (Å²) in [6, 6.07) is 0.239. The van der Waals surface area contributed by atoms with E-state index in [-0.39, 0.29) is 12.0 Å². The van der Waals surface area contributed by atoms with Crippen molar-refractivity contribution in [3.8, 4) is 0 Å². The number of carboxylic acid groups (broad SMARTS) is 1. The quantitative estimate of drug-likeness (QED) is 0.775. The maximum absolute atomic E-state index is 11.4. The largest absolute Gasteiger partial charge is 0.481 e. The first-order chi connectivity index (χ1) is 9.18. The van der Waals surface area contributed by atoms with Crippen LogP contribution < -0.4 is 0 Å². The maximum Gasteiger partial charge on any atom is 0.308 e. The third-order valence-electron chi connectivity index (χ3n) is 4.83. The van der Waals surface area contributed by atoms with Gasteiger partial charge in [0.1, 0.15) is 0 Å². The minimum Gasteiger partial charge on any atom is -0.481 e. The SMILES string of the molecule is CN(CCN1CCCC1)C1CCCCCC1C(=O)O. The van der Waals surface area contributed by atoms with Gasteiger partial charge in [-0.3, -0.25) is 4.79 Å². The van der Waals surface area contributed by atoms with Crippen molar-refractivity contribution in [1.82, 2.24) is 9.80 Å². The lowest BCUT2D eigenvalue weighted by atomic mass is 9.94. The molecule has 19 heavy (non-hydrogen) atoms. The van der Waals surface area contributed by atoms with Crippen LogP contribution >= 0.6 is 0 Å². The van der Waals surface area contributed by atoms with Crippen molar-refractivity contribution < 1.29 is 9.90 Å². The van der Waals surface area contributed by atoms with Crippen LogP contribution in [-0.2, 0) is 4.79 Å². The number of carboxylic acids is 1. The Bertz CT molecular complexity index is 290. The summed E-state index contributed by atoms with van der Waals surface area (Å²) in [5.41, 5.74) is 0. The molecule has 1 saturated heterocycles. The highest BCUT2D eigenvalue weighted by molar-refractivity contribution is 5.70. The fourth-order valence-electron chi connectivity index (χ4n) is 3.57. The lowest BCUT2D eigenvalue weighted by Gasteiger charge is -2.32. The number of likely N-dealkylation sites (tertiary alicyclic amines) is 1.